The molecule has 0 aromatic carbocycles. The highest BCUT2D eigenvalue weighted by atomic mass is 16.7. The molecule has 1 saturated heterocycles. The Morgan fingerprint density at radius 3 is 2.85 bits per heavy atom. The van der Waals surface area contributed by atoms with Gasteiger partial charge in [-0.1, -0.05) is 0 Å². The fourth-order valence-electron chi connectivity index (χ4n) is 1.27. The van der Waals surface area contributed by atoms with E-state index in [4.69, 9.17) is 9.47 Å². The van der Waals surface area contributed by atoms with E-state index in [-0.39, 0.29) is 12.3 Å². The lowest BCUT2D eigenvalue weighted by Gasteiger charge is -2.24. The maximum atomic E-state index is 11.0. The molecule has 1 fully saturated rings. The van der Waals surface area contributed by atoms with Gasteiger partial charge in [0.1, 0.15) is 0 Å². The summed E-state index contributed by atoms with van der Waals surface area (Å²) in [6.45, 7) is 2.39. The molecule has 0 aromatic rings. The highest BCUT2D eigenvalue weighted by Crippen LogP contribution is 2.15. The van der Waals surface area contributed by atoms with Crippen molar-refractivity contribution in [3.63, 3.8) is 0 Å². The lowest BCUT2D eigenvalue weighted by Crippen LogP contribution is -2.31. The van der Waals surface area contributed by atoms with Crippen LogP contribution in [0.5, 0.6) is 0 Å². The van der Waals surface area contributed by atoms with Crippen LogP contribution in [0.1, 0.15) is 26.2 Å². The van der Waals surface area contributed by atoms with Gasteiger partial charge in [0.2, 0.25) is 0 Å². The molecule has 0 aliphatic carbocycles. The molecular weight excluding hydrogens is 172 g/mol. The Labute approximate surface area is 78.2 Å². The molecular formula is C9H16O4. The topological polar surface area (TPSA) is 44.8 Å². The van der Waals surface area contributed by atoms with E-state index < -0.39 is 6.10 Å². The average molecular weight is 188 g/mol. The summed E-state index contributed by atoms with van der Waals surface area (Å²) < 4.78 is 15.2. The Bertz CT molecular complexity index is 163. The van der Waals surface area contributed by atoms with Crippen LogP contribution in [-0.4, -0.2) is 32.1 Å². The van der Waals surface area contributed by atoms with Gasteiger partial charge >= 0.3 is 5.97 Å². The zero-order valence-electron chi connectivity index (χ0n) is 8.12. The predicted octanol–water partition coefficient (Wildman–Crippen LogP) is 1.09. The van der Waals surface area contributed by atoms with Crippen molar-refractivity contribution in [2.75, 3.05) is 13.7 Å². The third-order valence-corrected chi connectivity index (χ3v) is 2.03. The molecule has 0 bridgehead atoms. The van der Waals surface area contributed by atoms with Gasteiger partial charge in [0.05, 0.1) is 7.11 Å². The number of ether oxygens (including phenoxy) is 3. The Hall–Kier alpha value is -0.610. The second kappa shape index (κ2) is 5.19. The predicted molar refractivity (Wildman–Crippen MR) is 46.2 cm³/mol. The third kappa shape index (κ3) is 3.32. The van der Waals surface area contributed by atoms with Crippen molar-refractivity contribution in [2.24, 2.45) is 0 Å². The quantitative estimate of drug-likeness (QED) is 0.622. The van der Waals surface area contributed by atoms with Gasteiger partial charge in [-0.05, 0) is 26.2 Å². The van der Waals surface area contributed by atoms with E-state index in [1.807, 2.05) is 0 Å². The van der Waals surface area contributed by atoms with Crippen LogP contribution in [0.2, 0.25) is 0 Å². The van der Waals surface area contributed by atoms with E-state index in [0.717, 1.165) is 25.9 Å². The van der Waals surface area contributed by atoms with Gasteiger partial charge in [-0.15, -0.1) is 0 Å². The first kappa shape index (κ1) is 10.5. The van der Waals surface area contributed by atoms with Gasteiger partial charge in [-0.2, -0.15) is 0 Å². The Morgan fingerprint density at radius 1 is 1.54 bits per heavy atom. The van der Waals surface area contributed by atoms with Crippen molar-refractivity contribution in [2.45, 2.75) is 38.6 Å². The third-order valence-electron chi connectivity index (χ3n) is 2.03. The molecule has 0 N–H and O–H groups in total. The second-order valence-corrected chi connectivity index (χ2v) is 3.10. The van der Waals surface area contributed by atoms with Crippen molar-refractivity contribution in [3.8, 4) is 0 Å². The van der Waals surface area contributed by atoms with Crippen molar-refractivity contribution < 1.29 is 19.0 Å². The minimum Gasteiger partial charge on any atom is -0.467 e. The van der Waals surface area contributed by atoms with Crippen molar-refractivity contribution in [3.05, 3.63) is 0 Å². The fourth-order valence-corrected chi connectivity index (χ4v) is 1.27. The number of esters is 1. The van der Waals surface area contributed by atoms with E-state index in [0.29, 0.717) is 0 Å². The van der Waals surface area contributed by atoms with E-state index in [1.54, 1.807) is 6.92 Å². The Kier molecular flexibility index (Phi) is 4.18. The number of carbonyl (C=O) groups excluding carboxylic acids is 1. The lowest BCUT2D eigenvalue weighted by molar-refractivity contribution is -0.199. The van der Waals surface area contributed by atoms with Gasteiger partial charge in [0.25, 0.3) is 0 Å². The van der Waals surface area contributed by atoms with Crippen LogP contribution in [-0.2, 0) is 19.0 Å². The average Bonchev–Trinajstić information content (AvgIpc) is 2.18. The highest BCUT2D eigenvalue weighted by molar-refractivity contribution is 5.73. The maximum absolute atomic E-state index is 11.0. The smallest absolute Gasteiger partial charge is 0.334 e. The lowest BCUT2D eigenvalue weighted by atomic mass is 10.2. The summed E-state index contributed by atoms with van der Waals surface area (Å²) >= 11 is 0. The van der Waals surface area contributed by atoms with Crippen molar-refractivity contribution >= 4 is 5.97 Å². The molecule has 1 heterocycles. The number of hydrogen-bond acceptors (Lipinski definition) is 4. The number of hydrogen-bond donors (Lipinski definition) is 0. The summed E-state index contributed by atoms with van der Waals surface area (Å²) in [5.74, 6) is -0.353. The van der Waals surface area contributed by atoms with Crippen LogP contribution in [0, 0.1) is 0 Å². The van der Waals surface area contributed by atoms with Crippen LogP contribution < -0.4 is 0 Å². The number of rotatable bonds is 3. The summed E-state index contributed by atoms with van der Waals surface area (Å²) in [5, 5.41) is 0. The molecule has 0 spiro atoms. The first-order valence-electron chi connectivity index (χ1n) is 4.59. The molecule has 76 valence electrons. The summed E-state index contributed by atoms with van der Waals surface area (Å²) in [4.78, 5) is 11.0. The molecule has 2 unspecified atom stereocenters. The normalized spacial score (nSPS) is 25.2. The Morgan fingerprint density at radius 2 is 2.31 bits per heavy atom. The summed E-state index contributed by atoms with van der Waals surface area (Å²) in [6.07, 6.45) is 2.27. The van der Waals surface area contributed by atoms with Gasteiger partial charge in [-0.25, -0.2) is 4.79 Å². The van der Waals surface area contributed by atoms with E-state index in [2.05, 4.69) is 4.74 Å². The molecule has 2 atom stereocenters. The summed E-state index contributed by atoms with van der Waals surface area (Å²) in [5.41, 5.74) is 0. The summed E-state index contributed by atoms with van der Waals surface area (Å²) in [7, 11) is 1.35. The SMILES string of the molecule is COC(=O)C(C)OC1CCCCO1. The minimum atomic E-state index is -0.534. The van der Waals surface area contributed by atoms with E-state index in [1.165, 1.54) is 7.11 Å². The molecule has 0 saturated carbocycles. The zero-order chi connectivity index (χ0) is 9.68. The maximum Gasteiger partial charge on any atom is 0.334 e. The minimum absolute atomic E-state index is 0.233. The van der Waals surface area contributed by atoms with Crippen LogP contribution in [0.15, 0.2) is 0 Å². The molecule has 1 rings (SSSR count). The molecule has 4 nitrogen and oxygen atoms in total. The standard InChI is InChI=1S/C9H16O4/c1-7(9(10)11-2)13-8-5-3-4-6-12-8/h7-8H,3-6H2,1-2H3. The molecule has 0 amide bonds. The second-order valence-electron chi connectivity index (χ2n) is 3.10. The zero-order valence-corrected chi connectivity index (χ0v) is 8.12. The fraction of sp³-hybridized carbons (Fsp3) is 0.889. The molecule has 0 radical (unpaired) electrons. The Balaban J connectivity index is 2.25. The monoisotopic (exact) mass is 188 g/mol. The van der Waals surface area contributed by atoms with Gasteiger partial charge < -0.3 is 14.2 Å². The number of carbonyl (C=O) groups is 1. The van der Waals surface area contributed by atoms with Crippen LogP contribution >= 0.6 is 0 Å². The first-order chi connectivity index (χ1) is 6.24. The van der Waals surface area contributed by atoms with Crippen molar-refractivity contribution in [1.82, 2.24) is 0 Å². The van der Waals surface area contributed by atoms with Gasteiger partial charge in [-0.3, -0.25) is 0 Å². The molecule has 4 heteroatoms. The van der Waals surface area contributed by atoms with Gasteiger partial charge in [0, 0.05) is 6.61 Å². The summed E-state index contributed by atoms with van der Waals surface area (Å²) in [6, 6.07) is 0. The molecule has 0 aromatic heterocycles. The molecule has 13 heavy (non-hydrogen) atoms. The van der Waals surface area contributed by atoms with Gasteiger partial charge in [0.15, 0.2) is 12.4 Å². The highest BCUT2D eigenvalue weighted by Gasteiger charge is 2.21. The first-order valence-corrected chi connectivity index (χ1v) is 4.59. The largest absolute Gasteiger partial charge is 0.467 e. The molecule has 1 aliphatic heterocycles. The van der Waals surface area contributed by atoms with Crippen LogP contribution in [0.4, 0.5) is 0 Å². The van der Waals surface area contributed by atoms with Crippen LogP contribution in [0.3, 0.4) is 0 Å². The van der Waals surface area contributed by atoms with E-state index in [9.17, 15) is 4.79 Å². The number of methoxy groups -OCH3 is 1. The molecule has 1 aliphatic rings. The van der Waals surface area contributed by atoms with Crippen molar-refractivity contribution in [1.29, 1.82) is 0 Å². The van der Waals surface area contributed by atoms with Crippen LogP contribution in [0.25, 0.3) is 0 Å². The van der Waals surface area contributed by atoms with E-state index >= 15 is 0 Å².